The molecular formula is C16H14BrClN2O3. The van der Waals surface area contributed by atoms with Crippen LogP contribution in [0.2, 0.25) is 5.02 Å². The van der Waals surface area contributed by atoms with Crippen molar-refractivity contribution < 1.29 is 14.4 Å². The predicted octanol–water partition coefficient (Wildman–Crippen LogP) is 3.72. The largest absolute Gasteiger partial charge is 0.496 e. The average molecular weight is 398 g/mol. The summed E-state index contributed by atoms with van der Waals surface area (Å²) in [7, 11) is 1.50. The number of halogens is 2. The molecule has 5 nitrogen and oxygen atoms in total. The highest BCUT2D eigenvalue weighted by atomic mass is 79.9. The molecule has 2 N–H and O–H groups in total. The minimum atomic E-state index is -0.594. The fraction of sp³-hybridized carbons (Fsp3) is 0.125. The number of nitrogens with zero attached hydrogens (tertiary/aromatic N) is 1. The summed E-state index contributed by atoms with van der Waals surface area (Å²) in [5, 5.41) is 4.68. The number of hydrogen-bond acceptors (Lipinski definition) is 4. The summed E-state index contributed by atoms with van der Waals surface area (Å²) < 4.78 is 5.18. The maximum atomic E-state index is 12.1. The highest BCUT2D eigenvalue weighted by Gasteiger charge is 2.13. The van der Waals surface area contributed by atoms with Crippen molar-refractivity contribution in [1.29, 1.82) is 0 Å². The van der Waals surface area contributed by atoms with Crippen LogP contribution < -0.4 is 10.5 Å². The first-order chi connectivity index (χ1) is 11.1. The van der Waals surface area contributed by atoms with E-state index in [0.717, 1.165) is 5.56 Å². The molecule has 120 valence electrons. The quantitative estimate of drug-likeness (QED) is 0.274. The summed E-state index contributed by atoms with van der Waals surface area (Å²) in [4.78, 5) is 17.0. The topological polar surface area (TPSA) is 73.9 Å². The number of alkyl halides is 1. The van der Waals surface area contributed by atoms with E-state index in [1.165, 1.54) is 7.11 Å². The van der Waals surface area contributed by atoms with Gasteiger partial charge in [0, 0.05) is 10.4 Å². The Morgan fingerprint density at radius 3 is 2.70 bits per heavy atom. The Balaban J connectivity index is 2.22. The minimum absolute atomic E-state index is 0.00553. The number of ether oxygens (including phenoxy) is 1. The van der Waals surface area contributed by atoms with Crippen molar-refractivity contribution in [2.24, 2.45) is 10.9 Å². The molecule has 0 unspecified atom stereocenters. The molecular weight excluding hydrogens is 384 g/mol. The standard InChI is InChI=1S/C16H14BrClN2O3/c1-22-14-7-6-11(18)8-13(14)15(19)20-23-16(21)12-5-3-2-4-10(12)9-17/h2-8H,9H2,1H3,(H2,19,20). The predicted molar refractivity (Wildman–Crippen MR) is 93.2 cm³/mol. The molecule has 0 saturated carbocycles. The van der Waals surface area contributed by atoms with Crippen LogP contribution in [0.1, 0.15) is 21.5 Å². The van der Waals surface area contributed by atoms with Gasteiger partial charge in [-0.1, -0.05) is 50.9 Å². The molecule has 0 radical (unpaired) electrons. The van der Waals surface area contributed by atoms with Crippen LogP contribution in [0.25, 0.3) is 0 Å². The highest BCUT2D eigenvalue weighted by Crippen LogP contribution is 2.22. The molecule has 0 amide bonds. The number of benzene rings is 2. The van der Waals surface area contributed by atoms with Crippen molar-refractivity contribution in [1.82, 2.24) is 0 Å². The van der Waals surface area contributed by atoms with Gasteiger partial charge in [-0.05, 0) is 29.8 Å². The van der Waals surface area contributed by atoms with E-state index in [9.17, 15) is 4.79 Å². The summed E-state index contributed by atoms with van der Waals surface area (Å²) >= 11 is 9.26. The van der Waals surface area contributed by atoms with E-state index in [0.29, 0.717) is 27.2 Å². The summed E-state index contributed by atoms with van der Waals surface area (Å²) in [5.41, 5.74) is 7.52. The number of carbonyl (C=O) groups excluding carboxylic acids is 1. The normalized spacial score (nSPS) is 11.2. The second kappa shape index (κ2) is 7.99. The van der Waals surface area contributed by atoms with Gasteiger partial charge in [-0.15, -0.1) is 0 Å². The molecule has 0 saturated heterocycles. The molecule has 0 spiro atoms. The van der Waals surface area contributed by atoms with Crippen molar-refractivity contribution in [2.75, 3.05) is 7.11 Å². The van der Waals surface area contributed by atoms with Crippen LogP contribution in [0.15, 0.2) is 47.6 Å². The van der Waals surface area contributed by atoms with Crippen LogP contribution in [0.5, 0.6) is 5.75 Å². The summed E-state index contributed by atoms with van der Waals surface area (Å²) in [6.45, 7) is 0. The van der Waals surface area contributed by atoms with Crippen molar-refractivity contribution >= 4 is 39.3 Å². The number of carbonyl (C=O) groups is 1. The van der Waals surface area contributed by atoms with Crippen molar-refractivity contribution in [3.05, 3.63) is 64.2 Å². The van der Waals surface area contributed by atoms with Gasteiger partial charge in [0.15, 0.2) is 5.84 Å². The third kappa shape index (κ3) is 4.24. The number of nitrogens with two attached hydrogens (primary N) is 1. The van der Waals surface area contributed by atoms with Gasteiger partial charge >= 0.3 is 5.97 Å². The maximum Gasteiger partial charge on any atom is 0.366 e. The zero-order valence-corrected chi connectivity index (χ0v) is 14.6. The van der Waals surface area contributed by atoms with E-state index in [1.807, 2.05) is 12.1 Å². The molecule has 2 rings (SSSR count). The second-order valence-electron chi connectivity index (χ2n) is 4.49. The number of oxime groups is 1. The Morgan fingerprint density at radius 2 is 2.00 bits per heavy atom. The van der Waals surface area contributed by atoms with E-state index in [1.54, 1.807) is 30.3 Å². The van der Waals surface area contributed by atoms with Gasteiger partial charge in [-0.3, -0.25) is 0 Å². The zero-order chi connectivity index (χ0) is 16.8. The number of amidine groups is 1. The van der Waals surface area contributed by atoms with Crippen LogP contribution >= 0.6 is 27.5 Å². The molecule has 23 heavy (non-hydrogen) atoms. The van der Waals surface area contributed by atoms with E-state index in [-0.39, 0.29) is 5.84 Å². The van der Waals surface area contributed by atoms with Crippen LogP contribution in [0, 0.1) is 0 Å². The van der Waals surface area contributed by atoms with Crippen molar-refractivity contribution in [2.45, 2.75) is 5.33 Å². The molecule has 0 atom stereocenters. The van der Waals surface area contributed by atoms with Gasteiger partial charge in [0.05, 0.1) is 18.2 Å². The Labute approximate surface area is 147 Å². The van der Waals surface area contributed by atoms with E-state index in [4.69, 9.17) is 26.9 Å². The average Bonchev–Trinajstić information content (AvgIpc) is 2.59. The van der Waals surface area contributed by atoms with Crippen LogP contribution in [-0.4, -0.2) is 18.9 Å². The maximum absolute atomic E-state index is 12.1. The molecule has 2 aromatic rings. The lowest BCUT2D eigenvalue weighted by atomic mass is 10.1. The molecule has 2 aromatic carbocycles. The smallest absolute Gasteiger partial charge is 0.366 e. The molecule has 0 aliphatic heterocycles. The van der Waals surface area contributed by atoms with E-state index >= 15 is 0 Å². The third-order valence-corrected chi connectivity index (χ3v) is 3.88. The number of rotatable bonds is 5. The van der Waals surface area contributed by atoms with Crippen molar-refractivity contribution in [3.63, 3.8) is 0 Å². The summed E-state index contributed by atoms with van der Waals surface area (Å²) in [6, 6.07) is 12.0. The van der Waals surface area contributed by atoms with E-state index in [2.05, 4.69) is 21.1 Å². The van der Waals surface area contributed by atoms with Gasteiger partial charge in [-0.25, -0.2) is 4.79 Å². The molecule has 0 aromatic heterocycles. The van der Waals surface area contributed by atoms with Gasteiger partial charge in [-0.2, -0.15) is 0 Å². The fourth-order valence-corrected chi connectivity index (χ4v) is 2.57. The van der Waals surface area contributed by atoms with Crippen LogP contribution in [0.4, 0.5) is 0 Å². The fourth-order valence-electron chi connectivity index (χ4n) is 1.91. The van der Waals surface area contributed by atoms with Gasteiger partial charge in [0.1, 0.15) is 5.75 Å². The molecule has 0 aliphatic carbocycles. The van der Waals surface area contributed by atoms with Crippen molar-refractivity contribution in [3.8, 4) is 5.75 Å². The SMILES string of the molecule is COc1ccc(Cl)cc1/C(N)=N/OC(=O)c1ccccc1CBr. The first-order valence-electron chi connectivity index (χ1n) is 6.59. The highest BCUT2D eigenvalue weighted by molar-refractivity contribution is 9.08. The molecule has 7 heteroatoms. The molecule has 0 aliphatic rings. The summed E-state index contributed by atoms with van der Waals surface area (Å²) in [6.07, 6.45) is 0. The van der Waals surface area contributed by atoms with Crippen LogP contribution in [-0.2, 0) is 10.2 Å². The van der Waals surface area contributed by atoms with E-state index < -0.39 is 5.97 Å². The van der Waals surface area contributed by atoms with Gasteiger partial charge < -0.3 is 15.3 Å². The lowest BCUT2D eigenvalue weighted by Gasteiger charge is -2.08. The Bertz CT molecular complexity index is 750. The monoisotopic (exact) mass is 396 g/mol. The Hall–Kier alpha value is -2.05. The van der Waals surface area contributed by atoms with Gasteiger partial charge in [0.25, 0.3) is 0 Å². The number of hydrogen-bond donors (Lipinski definition) is 1. The molecule has 0 heterocycles. The Kier molecular flexibility index (Phi) is 6.01. The molecule has 0 bridgehead atoms. The van der Waals surface area contributed by atoms with Crippen LogP contribution in [0.3, 0.4) is 0 Å². The zero-order valence-electron chi connectivity index (χ0n) is 12.3. The number of methoxy groups -OCH3 is 1. The van der Waals surface area contributed by atoms with Gasteiger partial charge in [0.2, 0.25) is 0 Å². The first kappa shape index (κ1) is 17.3. The lowest BCUT2D eigenvalue weighted by molar-refractivity contribution is 0.0515. The first-order valence-corrected chi connectivity index (χ1v) is 8.09. The third-order valence-electron chi connectivity index (χ3n) is 3.05. The lowest BCUT2D eigenvalue weighted by Crippen LogP contribution is -2.16. The summed E-state index contributed by atoms with van der Waals surface area (Å²) in [5.74, 6) is -0.120. The Morgan fingerprint density at radius 1 is 1.26 bits per heavy atom. The molecule has 0 fully saturated rings. The second-order valence-corrected chi connectivity index (χ2v) is 5.49. The minimum Gasteiger partial charge on any atom is -0.496 e.